The van der Waals surface area contributed by atoms with Crippen LogP contribution in [-0.2, 0) is 6.42 Å². The van der Waals surface area contributed by atoms with E-state index in [4.69, 9.17) is 9.72 Å². The molecule has 3 aromatic heterocycles. The lowest BCUT2D eigenvalue weighted by molar-refractivity contribution is -0.187. The van der Waals surface area contributed by atoms with E-state index in [1.165, 1.54) is 17.2 Å². The zero-order valence-electron chi connectivity index (χ0n) is 31.6. The third-order valence-corrected chi connectivity index (χ3v) is 10.9. The van der Waals surface area contributed by atoms with Crippen molar-refractivity contribution in [3.8, 4) is 23.0 Å². The highest BCUT2D eigenvalue weighted by Crippen LogP contribution is 2.53. The molecule has 55 heavy (non-hydrogen) atoms. The van der Waals surface area contributed by atoms with E-state index in [0.29, 0.717) is 34.7 Å². The van der Waals surface area contributed by atoms with Crippen LogP contribution in [0, 0.1) is 24.7 Å². The fourth-order valence-corrected chi connectivity index (χ4v) is 8.02. The summed E-state index contributed by atoms with van der Waals surface area (Å²) < 4.78 is 96.7. The van der Waals surface area contributed by atoms with Gasteiger partial charge >= 0.3 is 12.4 Å². The molecule has 5 nitrogen and oxygen atoms in total. The average molecular weight is 759 g/mol. The molecule has 288 valence electrons. The standard InChI is InChI=1S/C44H44F6N4O/c1-25(2)21-39-41(42-35(43(45,46)47)14-10-15-36(42)44(48,49)50)28(6)52-54(39)30-11-9-12-31(23-30)55-32-17-18-34-33-13-7-8-16-37(33)53(38(34)24-32)40-22-29(19-20-51-40)27(5)26(3)4/h7-9,11-14,16-20,22-27,36,42H,10,15,21H2,1-6H3/t27?,36-,42+/m0/s1. The summed E-state index contributed by atoms with van der Waals surface area (Å²) in [6, 6.07) is 25.1. The minimum atomic E-state index is -4.93. The molecule has 6 aromatic rings. The maximum atomic E-state index is 14.5. The number of ether oxygens (including phenoxy) is 1. The first kappa shape index (κ1) is 38.2. The van der Waals surface area contributed by atoms with Crippen molar-refractivity contribution in [1.82, 2.24) is 19.3 Å². The molecule has 0 bridgehead atoms. The number of para-hydroxylation sites is 1. The number of rotatable bonds is 9. The molecule has 0 aliphatic heterocycles. The van der Waals surface area contributed by atoms with Crippen LogP contribution in [0.5, 0.6) is 11.5 Å². The Morgan fingerprint density at radius 1 is 0.818 bits per heavy atom. The van der Waals surface area contributed by atoms with Crippen molar-refractivity contribution >= 4 is 21.8 Å². The summed E-state index contributed by atoms with van der Waals surface area (Å²) in [5.41, 5.74) is 2.84. The number of halogens is 6. The topological polar surface area (TPSA) is 44.9 Å². The normalized spacial score (nSPS) is 17.4. The van der Waals surface area contributed by atoms with E-state index in [9.17, 15) is 26.3 Å². The van der Waals surface area contributed by atoms with Gasteiger partial charge in [-0.05, 0) is 92.0 Å². The van der Waals surface area contributed by atoms with Crippen LogP contribution in [0.1, 0.15) is 81.8 Å². The fraction of sp³-hybridized carbons (Fsp3) is 0.364. The first-order valence-electron chi connectivity index (χ1n) is 18.7. The summed E-state index contributed by atoms with van der Waals surface area (Å²) in [7, 11) is 0. The number of aryl methyl sites for hydroxylation is 1. The highest BCUT2D eigenvalue weighted by Gasteiger charge is 2.54. The van der Waals surface area contributed by atoms with Gasteiger partial charge in [-0.1, -0.05) is 65.0 Å². The Bertz CT molecular complexity index is 2380. The lowest BCUT2D eigenvalue weighted by atomic mass is 9.72. The van der Waals surface area contributed by atoms with Crippen molar-refractivity contribution < 1.29 is 31.1 Å². The van der Waals surface area contributed by atoms with Gasteiger partial charge in [-0.15, -0.1) is 0 Å². The molecule has 1 aliphatic carbocycles. The molecule has 11 heteroatoms. The predicted octanol–water partition coefficient (Wildman–Crippen LogP) is 13.0. The molecule has 0 fully saturated rings. The third-order valence-electron chi connectivity index (χ3n) is 10.9. The molecule has 1 aliphatic rings. The number of fused-ring (bicyclic) bond motifs is 3. The van der Waals surface area contributed by atoms with Crippen molar-refractivity contribution in [2.75, 3.05) is 0 Å². The quantitative estimate of drug-likeness (QED) is 0.109. The number of hydrogen-bond acceptors (Lipinski definition) is 3. The predicted molar refractivity (Wildman–Crippen MR) is 204 cm³/mol. The van der Waals surface area contributed by atoms with Gasteiger partial charge in [0, 0.05) is 51.9 Å². The van der Waals surface area contributed by atoms with Crippen molar-refractivity contribution in [2.24, 2.45) is 17.8 Å². The zero-order chi connectivity index (χ0) is 39.4. The summed E-state index contributed by atoms with van der Waals surface area (Å²) in [6.07, 6.45) is -7.50. The van der Waals surface area contributed by atoms with E-state index in [2.05, 4.69) is 54.7 Å². The SMILES string of the molecule is Cc1nn(-c2cccc(Oc3ccc4c5ccccc5n(-c5cc(C(C)C(C)C)ccn5)c4c3)c2)c(CC(C)C)c1[C@@H]1C(C(F)(F)F)=CCC[C@@H]1C(F)(F)F. The Labute approximate surface area is 316 Å². The van der Waals surface area contributed by atoms with Crippen LogP contribution in [0.4, 0.5) is 26.3 Å². The highest BCUT2D eigenvalue weighted by molar-refractivity contribution is 6.09. The second kappa shape index (κ2) is 14.5. The monoisotopic (exact) mass is 758 g/mol. The fourth-order valence-electron chi connectivity index (χ4n) is 8.02. The van der Waals surface area contributed by atoms with Crippen LogP contribution >= 0.6 is 0 Å². The molecule has 3 aromatic carbocycles. The van der Waals surface area contributed by atoms with Crippen molar-refractivity contribution in [3.05, 3.63) is 119 Å². The number of nitrogens with zero attached hydrogens (tertiary/aromatic N) is 4. The maximum absolute atomic E-state index is 14.5. The molecule has 3 atom stereocenters. The Morgan fingerprint density at radius 3 is 2.25 bits per heavy atom. The highest BCUT2D eigenvalue weighted by atomic mass is 19.4. The number of allylic oxidation sites excluding steroid dienone is 2. The largest absolute Gasteiger partial charge is 0.457 e. The minimum Gasteiger partial charge on any atom is -0.457 e. The average Bonchev–Trinajstić information content (AvgIpc) is 3.63. The van der Waals surface area contributed by atoms with E-state index in [1.54, 1.807) is 24.3 Å². The van der Waals surface area contributed by atoms with Crippen molar-refractivity contribution in [2.45, 2.75) is 85.0 Å². The molecule has 0 N–H and O–H groups in total. The lowest BCUT2D eigenvalue weighted by Gasteiger charge is -2.35. The molecule has 1 unspecified atom stereocenters. The van der Waals surface area contributed by atoms with Crippen LogP contribution in [0.15, 0.2) is 96.7 Å². The van der Waals surface area contributed by atoms with Crippen LogP contribution in [0.25, 0.3) is 33.3 Å². The minimum absolute atomic E-state index is 0.00984. The van der Waals surface area contributed by atoms with Gasteiger partial charge in [0.05, 0.1) is 28.3 Å². The third kappa shape index (κ3) is 7.37. The number of hydrogen-bond donors (Lipinski definition) is 0. The molecule has 0 saturated carbocycles. The first-order chi connectivity index (χ1) is 26.0. The lowest BCUT2D eigenvalue weighted by Crippen LogP contribution is -2.36. The molecule has 0 spiro atoms. The van der Waals surface area contributed by atoms with Gasteiger partial charge in [-0.2, -0.15) is 31.4 Å². The molecular weight excluding hydrogens is 714 g/mol. The van der Waals surface area contributed by atoms with Crippen molar-refractivity contribution in [3.63, 3.8) is 0 Å². The number of benzene rings is 3. The molecule has 7 rings (SSSR count). The Hall–Kier alpha value is -5.06. The first-order valence-corrected chi connectivity index (χ1v) is 18.7. The number of alkyl halides is 6. The van der Waals surface area contributed by atoms with Crippen LogP contribution in [0.2, 0.25) is 0 Å². The maximum Gasteiger partial charge on any atom is 0.412 e. The summed E-state index contributed by atoms with van der Waals surface area (Å²) in [4.78, 5) is 4.77. The molecule has 0 radical (unpaired) electrons. The smallest absolute Gasteiger partial charge is 0.412 e. The van der Waals surface area contributed by atoms with Gasteiger partial charge in [0.1, 0.15) is 17.3 Å². The van der Waals surface area contributed by atoms with Gasteiger partial charge in [-0.3, -0.25) is 4.57 Å². The van der Waals surface area contributed by atoms with E-state index in [-0.39, 0.29) is 30.0 Å². The second-order valence-corrected chi connectivity index (χ2v) is 15.4. The molecule has 0 saturated heterocycles. The number of aromatic nitrogens is 4. The van der Waals surface area contributed by atoms with Crippen LogP contribution in [-0.4, -0.2) is 31.7 Å². The van der Waals surface area contributed by atoms with Crippen LogP contribution in [0.3, 0.4) is 0 Å². The van der Waals surface area contributed by atoms with Gasteiger partial charge in [0.15, 0.2) is 0 Å². The Balaban J connectivity index is 1.31. The summed E-state index contributed by atoms with van der Waals surface area (Å²) in [6.45, 7) is 11.9. The Kier molecular flexibility index (Phi) is 10.1. The van der Waals surface area contributed by atoms with Gasteiger partial charge in [-0.25, -0.2) is 9.67 Å². The number of pyridine rings is 1. The summed E-state index contributed by atoms with van der Waals surface area (Å²) in [5, 5.41) is 6.70. The molecular formula is C44H44F6N4O. The van der Waals surface area contributed by atoms with Crippen molar-refractivity contribution in [1.29, 1.82) is 0 Å². The zero-order valence-corrected chi connectivity index (χ0v) is 31.6. The van der Waals surface area contributed by atoms with E-state index < -0.39 is 36.2 Å². The van der Waals surface area contributed by atoms with Gasteiger partial charge in [0.2, 0.25) is 0 Å². The van der Waals surface area contributed by atoms with E-state index in [1.807, 2.05) is 50.4 Å². The summed E-state index contributed by atoms with van der Waals surface area (Å²) >= 11 is 0. The van der Waals surface area contributed by atoms with Crippen LogP contribution < -0.4 is 4.74 Å². The second-order valence-electron chi connectivity index (χ2n) is 15.4. The summed E-state index contributed by atoms with van der Waals surface area (Å²) in [5.74, 6) is -1.66. The van der Waals surface area contributed by atoms with E-state index in [0.717, 1.165) is 33.7 Å². The van der Waals surface area contributed by atoms with E-state index >= 15 is 0 Å². The van der Waals surface area contributed by atoms with Gasteiger partial charge < -0.3 is 4.74 Å². The Morgan fingerprint density at radius 2 is 1.55 bits per heavy atom. The van der Waals surface area contributed by atoms with Gasteiger partial charge in [0.25, 0.3) is 0 Å². The molecule has 0 amide bonds. The molecule has 3 heterocycles.